The van der Waals surface area contributed by atoms with Crippen LogP contribution in [-0.4, -0.2) is 26.3 Å². The molecule has 0 spiro atoms. The Morgan fingerprint density at radius 3 is 2.27 bits per heavy atom. The number of rotatable bonds is 6. The van der Waals surface area contributed by atoms with Gasteiger partial charge in [-0.25, -0.2) is 8.42 Å². The Morgan fingerprint density at radius 1 is 1.08 bits per heavy atom. The zero-order valence-electron chi connectivity index (χ0n) is 13.5. The van der Waals surface area contributed by atoms with Crippen LogP contribution in [0.25, 0.3) is 0 Å². The van der Waals surface area contributed by atoms with E-state index in [2.05, 4.69) is 10.0 Å². The summed E-state index contributed by atoms with van der Waals surface area (Å²) in [5, 5.41) is 2.71. The van der Waals surface area contributed by atoms with Gasteiger partial charge in [0.2, 0.25) is 21.8 Å². The SMILES string of the molecule is C[C@@H](NS(=O)(=O)c1cc(Cl)ccc1Cl)C(=O)Nc1ccc(C(N)=O)cc1. The summed E-state index contributed by atoms with van der Waals surface area (Å²) in [6.07, 6.45) is 0. The van der Waals surface area contributed by atoms with Crippen molar-refractivity contribution in [2.24, 2.45) is 5.73 Å². The van der Waals surface area contributed by atoms with Crippen molar-refractivity contribution in [3.05, 3.63) is 58.1 Å². The van der Waals surface area contributed by atoms with E-state index < -0.39 is 27.9 Å². The van der Waals surface area contributed by atoms with E-state index >= 15 is 0 Å². The smallest absolute Gasteiger partial charge is 0.248 e. The van der Waals surface area contributed by atoms with Gasteiger partial charge in [0, 0.05) is 16.3 Å². The van der Waals surface area contributed by atoms with Crippen molar-refractivity contribution in [1.82, 2.24) is 4.72 Å². The van der Waals surface area contributed by atoms with E-state index in [1.807, 2.05) is 0 Å². The van der Waals surface area contributed by atoms with Crippen LogP contribution in [0.5, 0.6) is 0 Å². The van der Waals surface area contributed by atoms with Crippen LogP contribution in [0.4, 0.5) is 5.69 Å². The number of sulfonamides is 1. The largest absolute Gasteiger partial charge is 0.366 e. The van der Waals surface area contributed by atoms with Crippen LogP contribution in [-0.2, 0) is 14.8 Å². The molecular formula is C16H15Cl2N3O4S. The lowest BCUT2D eigenvalue weighted by Gasteiger charge is -2.15. The second-order valence-electron chi connectivity index (χ2n) is 5.35. The molecule has 0 saturated carbocycles. The van der Waals surface area contributed by atoms with Crippen molar-refractivity contribution >= 4 is 50.7 Å². The van der Waals surface area contributed by atoms with Gasteiger partial charge in [0.1, 0.15) is 4.90 Å². The molecule has 0 aliphatic heterocycles. The Bertz CT molecular complexity index is 946. The van der Waals surface area contributed by atoms with Gasteiger partial charge in [0.05, 0.1) is 11.1 Å². The number of primary amides is 1. The van der Waals surface area contributed by atoms with Crippen LogP contribution in [0.1, 0.15) is 17.3 Å². The number of benzene rings is 2. The number of halogens is 2. The van der Waals surface area contributed by atoms with Gasteiger partial charge in [-0.1, -0.05) is 23.2 Å². The number of nitrogens with one attached hydrogen (secondary N) is 2. The Morgan fingerprint density at radius 2 is 1.69 bits per heavy atom. The number of amides is 2. The molecule has 10 heteroatoms. The standard InChI is InChI=1S/C16H15Cl2N3O4S/c1-9(16(23)20-12-5-2-10(3-6-12)15(19)22)21-26(24,25)14-8-11(17)4-7-13(14)18/h2-9,21H,1H3,(H2,19,22)(H,20,23)/t9-/m1/s1. The maximum Gasteiger partial charge on any atom is 0.248 e. The molecule has 0 fully saturated rings. The van der Waals surface area contributed by atoms with Crippen LogP contribution in [0.2, 0.25) is 10.0 Å². The second kappa shape index (κ2) is 8.05. The average Bonchev–Trinajstić information content (AvgIpc) is 2.57. The highest BCUT2D eigenvalue weighted by molar-refractivity contribution is 7.89. The van der Waals surface area contributed by atoms with Gasteiger partial charge < -0.3 is 11.1 Å². The van der Waals surface area contributed by atoms with Gasteiger partial charge >= 0.3 is 0 Å². The van der Waals surface area contributed by atoms with E-state index in [1.54, 1.807) is 0 Å². The minimum atomic E-state index is -4.06. The van der Waals surface area contributed by atoms with Gasteiger partial charge in [-0.2, -0.15) is 4.72 Å². The topological polar surface area (TPSA) is 118 Å². The predicted molar refractivity (Wildman–Crippen MR) is 99.8 cm³/mol. The van der Waals surface area contributed by atoms with Crippen molar-refractivity contribution in [2.45, 2.75) is 17.9 Å². The molecule has 4 N–H and O–H groups in total. The second-order valence-corrected chi connectivity index (χ2v) is 7.87. The van der Waals surface area contributed by atoms with Gasteiger partial charge in [0.15, 0.2) is 0 Å². The van der Waals surface area contributed by atoms with Crippen LogP contribution < -0.4 is 15.8 Å². The molecule has 2 amide bonds. The fourth-order valence-electron chi connectivity index (χ4n) is 2.00. The first kappa shape index (κ1) is 20.2. The molecule has 0 radical (unpaired) electrons. The fourth-order valence-corrected chi connectivity index (χ4v) is 3.97. The van der Waals surface area contributed by atoms with E-state index in [9.17, 15) is 18.0 Å². The van der Waals surface area contributed by atoms with Crippen LogP contribution in [0.15, 0.2) is 47.4 Å². The van der Waals surface area contributed by atoms with Gasteiger partial charge in [-0.05, 0) is 49.4 Å². The summed E-state index contributed by atoms with van der Waals surface area (Å²) >= 11 is 11.7. The summed E-state index contributed by atoms with van der Waals surface area (Å²) in [7, 11) is -4.06. The summed E-state index contributed by atoms with van der Waals surface area (Å²) in [6, 6.07) is 8.75. The molecule has 26 heavy (non-hydrogen) atoms. The molecule has 0 aliphatic rings. The lowest BCUT2D eigenvalue weighted by atomic mass is 10.2. The Balaban J connectivity index is 2.10. The van der Waals surface area contributed by atoms with E-state index in [0.29, 0.717) is 5.69 Å². The molecule has 7 nitrogen and oxygen atoms in total. The molecule has 2 aromatic carbocycles. The summed E-state index contributed by atoms with van der Waals surface area (Å²) in [5.41, 5.74) is 5.80. The molecule has 0 aromatic heterocycles. The maximum absolute atomic E-state index is 12.4. The third-order valence-electron chi connectivity index (χ3n) is 3.34. The quantitative estimate of drug-likeness (QED) is 0.670. The molecule has 0 aliphatic carbocycles. The maximum atomic E-state index is 12.4. The first-order valence-electron chi connectivity index (χ1n) is 7.28. The van der Waals surface area contributed by atoms with Gasteiger partial charge in [-0.3, -0.25) is 9.59 Å². The van der Waals surface area contributed by atoms with Gasteiger partial charge in [-0.15, -0.1) is 0 Å². The summed E-state index contributed by atoms with van der Waals surface area (Å²) in [5.74, 6) is -1.19. The third kappa shape index (κ3) is 4.95. The number of hydrogen-bond donors (Lipinski definition) is 3. The first-order valence-corrected chi connectivity index (χ1v) is 9.52. The summed E-state index contributed by atoms with van der Waals surface area (Å²) in [4.78, 5) is 23.0. The zero-order chi connectivity index (χ0) is 19.5. The van der Waals surface area contributed by atoms with E-state index in [-0.39, 0.29) is 20.5 Å². The van der Waals surface area contributed by atoms with Crippen molar-refractivity contribution in [2.75, 3.05) is 5.32 Å². The number of carbonyl (C=O) groups excluding carboxylic acids is 2. The highest BCUT2D eigenvalue weighted by atomic mass is 35.5. The molecule has 0 saturated heterocycles. The van der Waals surface area contributed by atoms with Crippen LogP contribution >= 0.6 is 23.2 Å². The van der Waals surface area contributed by atoms with Crippen LogP contribution in [0, 0.1) is 0 Å². The zero-order valence-corrected chi connectivity index (χ0v) is 15.8. The van der Waals surface area contributed by atoms with Crippen molar-refractivity contribution in [3.8, 4) is 0 Å². The molecule has 0 unspecified atom stereocenters. The molecule has 1 atom stereocenters. The average molecular weight is 416 g/mol. The summed E-state index contributed by atoms with van der Waals surface area (Å²) in [6.45, 7) is 1.38. The lowest BCUT2D eigenvalue weighted by Crippen LogP contribution is -2.41. The molecule has 2 rings (SSSR count). The fraction of sp³-hybridized carbons (Fsp3) is 0.125. The number of nitrogens with two attached hydrogens (primary N) is 1. The highest BCUT2D eigenvalue weighted by Gasteiger charge is 2.24. The highest BCUT2D eigenvalue weighted by Crippen LogP contribution is 2.25. The molecule has 0 bridgehead atoms. The third-order valence-corrected chi connectivity index (χ3v) is 5.60. The molecule has 0 heterocycles. The van der Waals surface area contributed by atoms with E-state index in [1.165, 1.54) is 49.4 Å². The monoisotopic (exact) mass is 415 g/mol. The first-order chi connectivity index (χ1) is 12.1. The van der Waals surface area contributed by atoms with E-state index in [0.717, 1.165) is 0 Å². The predicted octanol–water partition coefficient (Wildman–Crippen LogP) is 2.40. The Kier molecular flexibility index (Phi) is 6.25. The minimum Gasteiger partial charge on any atom is -0.366 e. The number of hydrogen-bond acceptors (Lipinski definition) is 4. The Hall–Kier alpha value is -2.13. The van der Waals surface area contributed by atoms with Gasteiger partial charge in [0.25, 0.3) is 0 Å². The van der Waals surface area contributed by atoms with Crippen molar-refractivity contribution < 1.29 is 18.0 Å². The van der Waals surface area contributed by atoms with Crippen molar-refractivity contribution in [3.63, 3.8) is 0 Å². The van der Waals surface area contributed by atoms with Crippen molar-refractivity contribution in [1.29, 1.82) is 0 Å². The molecule has 138 valence electrons. The lowest BCUT2D eigenvalue weighted by molar-refractivity contribution is -0.117. The number of anilines is 1. The minimum absolute atomic E-state index is 0.0171. The molecule has 2 aromatic rings. The molecular weight excluding hydrogens is 401 g/mol. The van der Waals surface area contributed by atoms with E-state index in [4.69, 9.17) is 28.9 Å². The summed E-state index contributed by atoms with van der Waals surface area (Å²) < 4.78 is 27.0. The number of carbonyl (C=O) groups is 2. The normalized spacial score (nSPS) is 12.4. The van der Waals surface area contributed by atoms with Crippen LogP contribution in [0.3, 0.4) is 0 Å². The Labute approximate surface area is 160 Å².